The standard InChI is InChI=1S/C25H29F3N2O4/c1-3-5-15-33-23(31)29-30(24(32)34-17-18-9-7-6-8-10-18)21(4-2)13-11-19-16-20(25(26,27)28)12-14-22(19)30/h6-10,12,14,16,21H,3-5,11,13,15,17H2,1-2H3/p+1. The highest BCUT2D eigenvalue weighted by Gasteiger charge is 2.54. The van der Waals surface area contributed by atoms with E-state index in [0.29, 0.717) is 31.2 Å². The van der Waals surface area contributed by atoms with Crippen LogP contribution >= 0.6 is 0 Å². The van der Waals surface area contributed by atoms with E-state index in [1.807, 2.05) is 19.9 Å². The topological polar surface area (TPSA) is 64.6 Å². The molecule has 2 amide bonds. The molecule has 6 nitrogen and oxygen atoms in total. The molecule has 1 N–H and O–H groups in total. The molecule has 9 heteroatoms. The molecule has 0 aromatic heterocycles. The van der Waals surface area contributed by atoms with Crippen LogP contribution < -0.4 is 10.0 Å². The second kappa shape index (κ2) is 10.9. The van der Waals surface area contributed by atoms with Gasteiger partial charge in [0.05, 0.1) is 12.2 Å². The van der Waals surface area contributed by atoms with Gasteiger partial charge in [-0.15, -0.1) is 5.43 Å². The summed E-state index contributed by atoms with van der Waals surface area (Å²) >= 11 is 0. The summed E-state index contributed by atoms with van der Waals surface area (Å²) < 4.78 is 50.2. The van der Waals surface area contributed by atoms with Gasteiger partial charge in [-0.2, -0.15) is 18.0 Å². The Morgan fingerprint density at radius 3 is 2.47 bits per heavy atom. The van der Waals surface area contributed by atoms with Gasteiger partial charge in [0.1, 0.15) is 12.6 Å². The van der Waals surface area contributed by atoms with Crippen LogP contribution in [0.25, 0.3) is 0 Å². The first-order valence-electron chi connectivity index (χ1n) is 11.5. The molecular formula is C25H30F3N2O4+. The number of benzene rings is 2. The van der Waals surface area contributed by atoms with Gasteiger partial charge in [-0.25, -0.2) is 4.79 Å². The van der Waals surface area contributed by atoms with E-state index in [1.165, 1.54) is 6.07 Å². The summed E-state index contributed by atoms with van der Waals surface area (Å²) in [6.45, 7) is 3.93. The number of nitrogens with zero attached hydrogens (tertiary/aromatic N) is 1. The second-order valence-corrected chi connectivity index (χ2v) is 8.31. The van der Waals surface area contributed by atoms with Gasteiger partial charge in [0.2, 0.25) is 0 Å². The average molecular weight is 480 g/mol. The molecule has 3 rings (SSSR count). The number of hydrogen-bond acceptors (Lipinski definition) is 4. The van der Waals surface area contributed by atoms with Crippen LogP contribution in [0, 0.1) is 0 Å². The fourth-order valence-corrected chi connectivity index (χ4v) is 4.25. The highest BCUT2D eigenvalue weighted by atomic mass is 19.4. The predicted octanol–water partition coefficient (Wildman–Crippen LogP) is 6.52. The molecule has 0 fully saturated rings. The summed E-state index contributed by atoms with van der Waals surface area (Å²) in [5, 5.41) is 0. The van der Waals surface area contributed by atoms with Crippen molar-refractivity contribution in [3.63, 3.8) is 0 Å². The Morgan fingerprint density at radius 1 is 1.09 bits per heavy atom. The maximum Gasteiger partial charge on any atom is 0.547 e. The van der Waals surface area contributed by atoms with Crippen molar-refractivity contribution in [1.82, 2.24) is 10.0 Å². The van der Waals surface area contributed by atoms with Gasteiger partial charge in [-0.05, 0) is 37.0 Å². The Hall–Kier alpha value is -3.07. The van der Waals surface area contributed by atoms with Crippen molar-refractivity contribution in [3.8, 4) is 0 Å². The average Bonchev–Trinajstić information content (AvgIpc) is 2.82. The zero-order valence-electron chi connectivity index (χ0n) is 19.4. The van der Waals surface area contributed by atoms with Crippen molar-refractivity contribution in [2.24, 2.45) is 0 Å². The van der Waals surface area contributed by atoms with E-state index in [0.717, 1.165) is 24.1 Å². The van der Waals surface area contributed by atoms with E-state index in [4.69, 9.17) is 9.47 Å². The summed E-state index contributed by atoms with van der Waals surface area (Å²) in [4.78, 5) is 26.4. The van der Waals surface area contributed by atoms with E-state index in [2.05, 4.69) is 5.43 Å². The molecule has 2 unspecified atom stereocenters. The van der Waals surface area contributed by atoms with Gasteiger partial charge in [0.15, 0.2) is 5.69 Å². The van der Waals surface area contributed by atoms with Crippen LogP contribution in [0.1, 0.15) is 56.2 Å². The van der Waals surface area contributed by atoms with E-state index >= 15 is 0 Å². The van der Waals surface area contributed by atoms with Crippen molar-refractivity contribution in [2.45, 2.75) is 64.8 Å². The van der Waals surface area contributed by atoms with Crippen LogP contribution in [-0.4, -0.2) is 24.8 Å². The molecule has 0 saturated heterocycles. The number of amides is 2. The van der Waals surface area contributed by atoms with Gasteiger partial charge in [-0.1, -0.05) is 55.2 Å². The first kappa shape index (κ1) is 25.6. The highest BCUT2D eigenvalue weighted by molar-refractivity contribution is 5.88. The zero-order valence-corrected chi connectivity index (χ0v) is 19.4. The first-order chi connectivity index (χ1) is 16.2. The third kappa shape index (κ3) is 5.52. The maximum atomic E-state index is 13.6. The molecule has 34 heavy (non-hydrogen) atoms. The molecule has 2 atom stereocenters. The first-order valence-corrected chi connectivity index (χ1v) is 11.5. The Morgan fingerprint density at radius 2 is 1.82 bits per heavy atom. The molecule has 2 aromatic rings. The number of aryl methyl sites for hydroxylation is 1. The molecular weight excluding hydrogens is 449 g/mol. The van der Waals surface area contributed by atoms with Gasteiger partial charge in [-0.3, -0.25) is 0 Å². The number of ether oxygens (including phenoxy) is 2. The Balaban J connectivity index is 2.02. The van der Waals surface area contributed by atoms with Crippen LogP contribution in [0.2, 0.25) is 0 Å². The minimum Gasteiger partial charge on any atom is -0.446 e. The Kier molecular flexibility index (Phi) is 8.19. The molecule has 0 radical (unpaired) electrons. The second-order valence-electron chi connectivity index (χ2n) is 8.31. The van der Waals surface area contributed by atoms with Crippen molar-refractivity contribution in [1.29, 1.82) is 0 Å². The van der Waals surface area contributed by atoms with E-state index in [1.54, 1.807) is 24.3 Å². The minimum absolute atomic E-state index is 0.0430. The van der Waals surface area contributed by atoms with Crippen molar-refractivity contribution in [2.75, 3.05) is 6.61 Å². The summed E-state index contributed by atoms with van der Waals surface area (Å²) in [6, 6.07) is 11.8. The van der Waals surface area contributed by atoms with E-state index in [9.17, 15) is 22.8 Å². The number of unbranched alkanes of at least 4 members (excludes halogenated alkanes) is 1. The molecule has 184 valence electrons. The Labute approximate surface area is 197 Å². The monoisotopic (exact) mass is 479 g/mol. The van der Waals surface area contributed by atoms with Crippen molar-refractivity contribution in [3.05, 3.63) is 65.2 Å². The minimum atomic E-state index is -4.52. The molecule has 0 bridgehead atoms. The molecule has 2 aromatic carbocycles. The number of quaternary nitrogens is 1. The summed E-state index contributed by atoms with van der Waals surface area (Å²) in [5.74, 6) is 0. The number of hydrogen-bond donors (Lipinski definition) is 1. The lowest BCUT2D eigenvalue weighted by atomic mass is 9.92. The van der Waals surface area contributed by atoms with Gasteiger partial charge in [0, 0.05) is 18.1 Å². The number of alkyl halides is 3. The number of fused-ring (bicyclic) bond motifs is 1. The van der Waals surface area contributed by atoms with Crippen LogP contribution in [0.15, 0.2) is 48.5 Å². The largest absolute Gasteiger partial charge is 0.547 e. The van der Waals surface area contributed by atoms with Crippen LogP contribution in [-0.2, 0) is 28.7 Å². The number of carbonyl (C=O) groups excluding carboxylic acids is 2. The lowest BCUT2D eigenvalue weighted by molar-refractivity contribution is -0.137. The normalized spacial score (nSPS) is 19.7. The lowest BCUT2D eigenvalue weighted by Crippen LogP contribution is -2.71. The predicted molar refractivity (Wildman–Crippen MR) is 122 cm³/mol. The molecule has 0 spiro atoms. The fourth-order valence-electron chi connectivity index (χ4n) is 4.25. The number of carbonyl (C=O) groups is 2. The number of rotatable bonds is 6. The molecule has 1 heterocycles. The SMILES string of the molecule is CCCCOC(=O)N[N+]1(C(=O)OCc2ccccc2)c2ccc(C(F)(F)F)cc2CCC1CC. The molecule has 0 saturated carbocycles. The third-order valence-corrected chi connectivity index (χ3v) is 6.04. The summed E-state index contributed by atoms with van der Waals surface area (Å²) in [6.07, 6.45) is -3.44. The summed E-state index contributed by atoms with van der Waals surface area (Å²) in [5.41, 5.74) is 3.21. The number of nitrogens with one attached hydrogen (secondary N) is 1. The van der Waals surface area contributed by atoms with Gasteiger partial charge in [0.25, 0.3) is 0 Å². The molecule has 1 aliphatic rings. The van der Waals surface area contributed by atoms with E-state index in [-0.39, 0.29) is 18.9 Å². The quantitative estimate of drug-likeness (QED) is 0.379. The molecule has 0 aliphatic carbocycles. The van der Waals surface area contributed by atoms with Crippen LogP contribution in [0.4, 0.5) is 28.4 Å². The van der Waals surface area contributed by atoms with Gasteiger partial charge < -0.3 is 9.47 Å². The van der Waals surface area contributed by atoms with E-state index < -0.39 is 34.6 Å². The van der Waals surface area contributed by atoms with Crippen molar-refractivity contribution < 1.29 is 32.2 Å². The zero-order chi connectivity index (χ0) is 24.8. The van der Waals surface area contributed by atoms with Gasteiger partial charge >= 0.3 is 18.4 Å². The maximum absolute atomic E-state index is 13.6. The van der Waals surface area contributed by atoms with Crippen LogP contribution in [0.3, 0.4) is 0 Å². The third-order valence-electron chi connectivity index (χ3n) is 6.04. The smallest absolute Gasteiger partial charge is 0.446 e. The molecule has 1 aliphatic heterocycles. The lowest BCUT2D eigenvalue weighted by Gasteiger charge is -2.42. The summed E-state index contributed by atoms with van der Waals surface area (Å²) in [7, 11) is 0. The highest BCUT2D eigenvalue weighted by Crippen LogP contribution is 2.41. The van der Waals surface area contributed by atoms with Crippen molar-refractivity contribution >= 4 is 17.9 Å². The fraction of sp³-hybridized carbons (Fsp3) is 0.440. The van der Waals surface area contributed by atoms with Crippen LogP contribution in [0.5, 0.6) is 0 Å². The Bertz CT molecular complexity index is 997. The number of halogens is 3.